The van der Waals surface area contributed by atoms with E-state index in [2.05, 4.69) is 32.7 Å². The molecule has 160 valence electrons. The van der Waals surface area contributed by atoms with E-state index < -0.39 is 0 Å². The molecule has 0 unspecified atom stereocenters. The second kappa shape index (κ2) is 10.4. The molecule has 0 atom stereocenters. The Labute approximate surface area is 173 Å². The highest BCUT2D eigenvalue weighted by Gasteiger charge is 2.22. The van der Waals surface area contributed by atoms with Gasteiger partial charge in [-0.2, -0.15) is 0 Å². The van der Waals surface area contributed by atoms with Crippen LogP contribution >= 0.6 is 0 Å². The summed E-state index contributed by atoms with van der Waals surface area (Å²) in [7, 11) is 5.12. The van der Waals surface area contributed by atoms with Crippen molar-refractivity contribution in [2.45, 2.75) is 45.1 Å². The fraction of sp³-hybridized carbons (Fsp3) is 0.636. The molecule has 1 aliphatic carbocycles. The second-order valence-corrected chi connectivity index (χ2v) is 7.83. The quantitative estimate of drug-likeness (QED) is 0.416. The summed E-state index contributed by atoms with van der Waals surface area (Å²) >= 11 is 0. The maximum Gasteiger partial charge on any atom is 0.220 e. The summed E-state index contributed by atoms with van der Waals surface area (Å²) in [6.45, 7) is 2.93. The van der Waals surface area contributed by atoms with Gasteiger partial charge in [-0.25, -0.2) is 0 Å². The molecule has 1 aliphatic heterocycles. The number of amides is 1. The molecule has 0 saturated heterocycles. The van der Waals surface area contributed by atoms with E-state index in [0.717, 1.165) is 37.0 Å². The minimum absolute atomic E-state index is 0.168. The number of hydrogen-bond acceptors (Lipinski definition) is 4. The van der Waals surface area contributed by atoms with Gasteiger partial charge >= 0.3 is 0 Å². The number of nitrogens with zero attached hydrogens (tertiary/aromatic N) is 2. The van der Waals surface area contributed by atoms with E-state index in [9.17, 15) is 4.79 Å². The molecule has 7 nitrogen and oxygen atoms in total. The fourth-order valence-electron chi connectivity index (χ4n) is 4.32. The van der Waals surface area contributed by atoms with Crippen molar-refractivity contribution in [2.24, 2.45) is 10.9 Å². The fourth-order valence-corrected chi connectivity index (χ4v) is 4.32. The molecule has 0 radical (unpaired) electrons. The highest BCUT2D eigenvalue weighted by molar-refractivity contribution is 5.80. The number of rotatable bonds is 7. The van der Waals surface area contributed by atoms with Gasteiger partial charge in [0.15, 0.2) is 17.5 Å². The van der Waals surface area contributed by atoms with Gasteiger partial charge in [-0.1, -0.05) is 12.8 Å². The van der Waals surface area contributed by atoms with Crippen molar-refractivity contribution in [3.05, 3.63) is 23.3 Å². The highest BCUT2D eigenvalue weighted by atomic mass is 16.5. The minimum Gasteiger partial charge on any atom is -0.493 e. The molecular formula is C22H34N4O3. The lowest BCUT2D eigenvalue weighted by atomic mass is 9.99. The van der Waals surface area contributed by atoms with E-state index in [1.807, 2.05) is 0 Å². The number of fused-ring (bicyclic) bond motifs is 1. The minimum atomic E-state index is 0.168. The maximum absolute atomic E-state index is 12.1. The van der Waals surface area contributed by atoms with Crippen LogP contribution in [0.15, 0.2) is 17.1 Å². The van der Waals surface area contributed by atoms with Crippen LogP contribution < -0.4 is 20.1 Å². The monoisotopic (exact) mass is 402 g/mol. The van der Waals surface area contributed by atoms with E-state index in [1.165, 1.54) is 36.8 Å². The number of carbonyl (C=O) groups is 1. The van der Waals surface area contributed by atoms with Crippen LogP contribution in [0.5, 0.6) is 11.5 Å². The van der Waals surface area contributed by atoms with E-state index >= 15 is 0 Å². The standard InChI is InChI=1S/C22H34N4O3/c1-23-22(25-10-9-24-21(27)12-16-6-4-5-7-16)26-11-8-17-13-19(28-2)20(29-3)14-18(17)15-26/h13-14,16H,4-12,15H2,1-3H3,(H,23,25)(H,24,27). The molecular weight excluding hydrogens is 368 g/mol. The maximum atomic E-state index is 12.1. The first-order valence-corrected chi connectivity index (χ1v) is 10.6. The molecule has 1 fully saturated rings. The molecule has 1 saturated carbocycles. The predicted molar refractivity (Wildman–Crippen MR) is 115 cm³/mol. The first kappa shape index (κ1) is 21.3. The van der Waals surface area contributed by atoms with Gasteiger partial charge in [0.2, 0.25) is 5.91 Å². The van der Waals surface area contributed by atoms with Crippen molar-refractivity contribution < 1.29 is 14.3 Å². The molecule has 3 rings (SSSR count). The summed E-state index contributed by atoms with van der Waals surface area (Å²) in [4.78, 5) is 18.7. The Morgan fingerprint density at radius 2 is 1.76 bits per heavy atom. The molecule has 7 heteroatoms. The summed E-state index contributed by atoms with van der Waals surface area (Å²) in [5, 5.41) is 6.41. The van der Waals surface area contributed by atoms with Gasteiger partial charge in [-0.15, -0.1) is 0 Å². The Kier molecular flexibility index (Phi) is 7.61. The number of ether oxygens (including phenoxy) is 2. The Bertz CT molecular complexity index is 729. The molecule has 2 aliphatic rings. The molecule has 2 N–H and O–H groups in total. The zero-order valence-electron chi connectivity index (χ0n) is 17.9. The van der Waals surface area contributed by atoms with Gasteiger partial charge in [-0.3, -0.25) is 9.79 Å². The number of nitrogens with one attached hydrogen (secondary N) is 2. The zero-order chi connectivity index (χ0) is 20.6. The van der Waals surface area contributed by atoms with Crippen LogP contribution in [0.3, 0.4) is 0 Å². The molecule has 0 bridgehead atoms. The van der Waals surface area contributed by atoms with Crippen molar-refractivity contribution in [3.63, 3.8) is 0 Å². The molecule has 1 heterocycles. The lowest BCUT2D eigenvalue weighted by molar-refractivity contribution is -0.121. The topological polar surface area (TPSA) is 75.2 Å². The normalized spacial score (nSPS) is 17.1. The SMILES string of the molecule is CN=C(NCCNC(=O)CC1CCCC1)N1CCc2cc(OC)c(OC)cc2C1. The van der Waals surface area contributed by atoms with Crippen molar-refractivity contribution >= 4 is 11.9 Å². The lowest BCUT2D eigenvalue weighted by Gasteiger charge is -2.32. The third-order valence-electron chi connectivity index (χ3n) is 5.91. The van der Waals surface area contributed by atoms with E-state index in [-0.39, 0.29) is 5.91 Å². The Morgan fingerprint density at radius 3 is 2.41 bits per heavy atom. The van der Waals surface area contributed by atoms with Gasteiger partial charge in [0.1, 0.15) is 0 Å². The van der Waals surface area contributed by atoms with Crippen molar-refractivity contribution in [1.82, 2.24) is 15.5 Å². The molecule has 1 amide bonds. The summed E-state index contributed by atoms with van der Waals surface area (Å²) in [6.07, 6.45) is 6.54. The highest BCUT2D eigenvalue weighted by Crippen LogP contribution is 2.33. The van der Waals surface area contributed by atoms with Crippen molar-refractivity contribution in [1.29, 1.82) is 0 Å². The molecule has 0 spiro atoms. The van der Waals surface area contributed by atoms with Crippen LogP contribution in [0.1, 0.15) is 43.2 Å². The number of hydrogen-bond donors (Lipinski definition) is 2. The van der Waals surface area contributed by atoms with Crippen molar-refractivity contribution in [3.8, 4) is 11.5 Å². The number of aliphatic imine (C=N–C) groups is 1. The molecule has 29 heavy (non-hydrogen) atoms. The summed E-state index contributed by atoms with van der Waals surface area (Å²) in [5.41, 5.74) is 2.51. The van der Waals surface area contributed by atoms with E-state index in [0.29, 0.717) is 25.4 Å². The smallest absolute Gasteiger partial charge is 0.220 e. The Balaban J connectivity index is 1.47. The van der Waals surface area contributed by atoms with Crippen molar-refractivity contribution in [2.75, 3.05) is 40.9 Å². The number of benzene rings is 1. The lowest BCUT2D eigenvalue weighted by Crippen LogP contribution is -2.46. The predicted octanol–water partition coefficient (Wildman–Crippen LogP) is 2.33. The second-order valence-electron chi connectivity index (χ2n) is 7.83. The van der Waals surface area contributed by atoms with Crippen LogP contribution in [-0.2, 0) is 17.8 Å². The molecule has 1 aromatic rings. The largest absolute Gasteiger partial charge is 0.493 e. The van der Waals surface area contributed by atoms with E-state index in [1.54, 1.807) is 21.3 Å². The first-order valence-electron chi connectivity index (χ1n) is 10.6. The van der Waals surface area contributed by atoms with Crippen LogP contribution in [0.4, 0.5) is 0 Å². The van der Waals surface area contributed by atoms with Gasteiger partial charge in [-0.05, 0) is 48.4 Å². The summed E-state index contributed by atoms with van der Waals surface area (Å²) in [5.74, 6) is 3.13. The average Bonchev–Trinajstić information content (AvgIpc) is 3.25. The molecule has 0 aromatic heterocycles. The average molecular weight is 403 g/mol. The van der Waals surface area contributed by atoms with Gasteiger partial charge in [0.05, 0.1) is 14.2 Å². The Morgan fingerprint density at radius 1 is 1.10 bits per heavy atom. The van der Waals surface area contributed by atoms with Crippen LogP contribution in [0.25, 0.3) is 0 Å². The Hall–Kier alpha value is -2.44. The molecule has 1 aromatic carbocycles. The number of guanidine groups is 1. The summed E-state index contributed by atoms with van der Waals surface area (Å²) < 4.78 is 10.9. The van der Waals surface area contributed by atoms with Gasteiger partial charge in [0.25, 0.3) is 0 Å². The van der Waals surface area contributed by atoms with Gasteiger partial charge < -0.3 is 25.0 Å². The third kappa shape index (κ3) is 5.55. The van der Waals surface area contributed by atoms with E-state index in [4.69, 9.17) is 9.47 Å². The third-order valence-corrected chi connectivity index (χ3v) is 5.91. The number of carbonyl (C=O) groups excluding carboxylic acids is 1. The number of methoxy groups -OCH3 is 2. The van der Waals surface area contributed by atoms with Crippen LogP contribution in [0, 0.1) is 5.92 Å². The van der Waals surface area contributed by atoms with Gasteiger partial charge in [0, 0.05) is 39.6 Å². The summed E-state index contributed by atoms with van der Waals surface area (Å²) in [6, 6.07) is 4.12. The van der Waals surface area contributed by atoms with Crippen LogP contribution in [0.2, 0.25) is 0 Å². The first-order chi connectivity index (χ1) is 14.1. The zero-order valence-corrected chi connectivity index (χ0v) is 17.9. The van der Waals surface area contributed by atoms with Crippen LogP contribution in [-0.4, -0.2) is 57.7 Å².